The van der Waals surface area contributed by atoms with Crippen molar-refractivity contribution in [3.05, 3.63) is 47.5 Å². The van der Waals surface area contributed by atoms with Gasteiger partial charge in [-0.2, -0.15) is 5.10 Å². The minimum absolute atomic E-state index is 0.0873. The van der Waals surface area contributed by atoms with Crippen molar-refractivity contribution >= 4 is 17.5 Å². The Balaban J connectivity index is 2.00. The summed E-state index contributed by atoms with van der Waals surface area (Å²) < 4.78 is 1.52. The van der Waals surface area contributed by atoms with Crippen LogP contribution in [0.25, 0.3) is 0 Å². The van der Waals surface area contributed by atoms with Gasteiger partial charge in [-0.25, -0.2) is 9.67 Å². The van der Waals surface area contributed by atoms with Gasteiger partial charge in [0.1, 0.15) is 18.7 Å². The molecular weight excluding hydrogens is 264 g/mol. The Hall–Kier alpha value is -1.88. The van der Waals surface area contributed by atoms with Crippen LogP contribution in [0, 0.1) is 0 Å². The predicted octanol–water partition coefficient (Wildman–Crippen LogP) is 2.37. The van der Waals surface area contributed by atoms with Crippen LogP contribution in [-0.4, -0.2) is 20.7 Å². The number of amides is 1. The third kappa shape index (κ3) is 3.32. The highest BCUT2D eigenvalue weighted by Gasteiger charge is 2.17. The fraction of sp³-hybridized carbons (Fsp3) is 0.308. The molecular formula is C13H15ClN4O. The lowest BCUT2D eigenvalue weighted by molar-refractivity contribution is -0.124. The standard InChI is InChI=1S/C13H15ClN4O/c1-9(11-3-5-12(14)6-4-11)17-13(19)10(2)18-8-15-7-16-18/h3-10H,1-2H3,(H,17,19)/t9-,10+/m1/s1. The van der Waals surface area contributed by atoms with Crippen LogP contribution in [0.1, 0.15) is 31.5 Å². The zero-order valence-electron chi connectivity index (χ0n) is 10.7. The number of carbonyl (C=O) groups is 1. The first kappa shape index (κ1) is 13.5. The Labute approximate surface area is 116 Å². The first-order valence-corrected chi connectivity index (χ1v) is 6.35. The Bertz CT molecular complexity index is 538. The van der Waals surface area contributed by atoms with Crippen molar-refractivity contribution in [1.82, 2.24) is 20.1 Å². The lowest BCUT2D eigenvalue weighted by atomic mass is 10.1. The van der Waals surface area contributed by atoms with Gasteiger partial charge in [0.2, 0.25) is 5.91 Å². The summed E-state index contributed by atoms with van der Waals surface area (Å²) in [6, 6.07) is 6.93. The molecule has 0 bridgehead atoms. The molecule has 0 fully saturated rings. The molecule has 1 aromatic heterocycles. The fourth-order valence-electron chi connectivity index (χ4n) is 1.71. The predicted molar refractivity (Wildman–Crippen MR) is 72.7 cm³/mol. The van der Waals surface area contributed by atoms with Crippen LogP contribution in [-0.2, 0) is 4.79 Å². The Morgan fingerprint density at radius 1 is 1.32 bits per heavy atom. The van der Waals surface area contributed by atoms with Crippen LogP contribution in [0.3, 0.4) is 0 Å². The van der Waals surface area contributed by atoms with E-state index in [1.807, 2.05) is 19.1 Å². The van der Waals surface area contributed by atoms with Gasteiger partial charge in [-0.05, 0) is 31.5 Å². The van der Waals surface area contributed by atoms with Crippen LogP contribution < -0.4 is 5.32 Å². The topological polar surface area (TPSA) is 59.8 Å². The van der Waals surface area contributed by atoms with Gasteiger partial charge in [-0.3, -0.25) is 4.79 Å². The maximum absolute atomic E-state index is 12.1. The van der Waals surface area contributed by atoms with Crippen molar-refractivity contribution in [2.75, 3.05) is 0 Å². The number of rotatable bonds is 4. The van der Waals surface area contributed by atoms with Gasteiger partial charge < -0.3 is 5.32 Å². The monoisotopic (exact) mass is 278 g/mol. The molecule has 6 heteroatoms. The smallest absolute Gasteiger partial charge is 0.245 e. The van der Waals surface area contributed by atoms with Crippen molar-refractivity contribution in [2.45, 2.75) is 25.9 Å². The van der Waals surface area contributed by atoms with E-state index in [2.05, 4.69) is 15.4 Å². The van der Waals surface area contributed by atoms with Gasteiger partial charge in [0.25, 0.3) is 0 Å². The van der Waals surface area contributed by atoms with Gasteiger partial charge in [0.05, 0.1) is 6.04 Å². The summed E-state index contributed by atoms with van der Waals surface area (Å²) in [6.07, 6.45) is 2.93. The van der Waals surface area contributed by atoms with E-state index in [9.17, 15) is 4.79 Å². The Kier molecular flexibility index (Phi) is 4.16. The van der Waals surface area contributed by atoms with Crippen LogP contribution in [0.5, 0.6) is 0 Å². The molecule has 0 aliphatic heterocycles. The second-order valence-electron chi connectivity index (χ2n) is 4.33. The molecule has 100 valence electrons. The maximum Gasteiger partial charge on any atom is 0.245 e. The van der Waals surface area contributed by atoms with Crippen molar-refractivity contribution in [1.29, 1.82) is 0 Å². The molecule has 2 atom stereocenters. The summed E-state index contributed by atoms with van der Waals surface area (Å²) in [5.41, 5.74) is 1.00. The molecule has 2 rings (SSSR count). The normalized spacial score (nSPS) is 13.8. The molecule has 1 amide bonds. The van der Waals surface area contributed by atoms with Crippen LogP contribution in [0.2, 0.25) is 5.02 Å². The Morgan fingerprint density at radius 2 is 2.00 bits per heavy atom. The number of benzene rings is 1. The average Bonchev–Trinajstić information content (AvgIpc) is 2.92. The van der Waals surface area contributed by atoms with E-state index >= 15 is 0 Å². The van der Waals surface area contributed by atoms with Crippen molar-refractivity contribution in [3.63, 3.8) is 0 Å². The highest BCUT2D eigenvalue weighted by atomic mass is 35.5. The largest absolute Gasteiger partial charge is 0.348 e. The molecule has 2 aromatic rings. The molecule has 5 nitrogen and oxygen atoms in total. The number of nitrogens with zero attached hydrogens (tertiary/aromatic N) is 3. The Morgan fingerprint density at radius 3 is 2.58 bits per heavy atom. The van der Waals surface area contributed by atoms with Gasteiger partial charge in [-0.1, -0.05) is 23.7 Å². The van der Waals surface area contributed by atoms with E-state index in [-0.39, 0.29) is 11.9 Å². The number of nitrogens with one attached hydrogen (secondary N) is 1. The molecule has 0 radical (unpaired) electrons. The molecule has 1 aromatic carbocycles. The molecule has 1 heterocycles. The van der Waals surface area contributed by atoms with E-state index in [1.54, 1.807) is 19.1 Å². The minimum Gasteiger partial charge on any atom is -0.348 e. The summed E-state index contributed by atoms with van der Waals surface area (Å²) in [5.74, 6) is -0.104. The molecule has 19 heavy (non-hydrogen) atoms. The quantitative estimate of drug-likeness (QED) is 0.934. The van der Waals surface area contributed by atoms with E-state index in [1.165, 1.54) is 17.3 Å². The molecule has 0 saturated carbocycles. The molecule has 0 saturated heterocycles. The van der Waals surface area contributed by atoms with Gasteiger partial charge in [-0.15, -0.1) is 0 Å². The number of hydrogen-bond donors (Lipinski definition) is 1. The fourth-order valence-corrected chi connectivity index (χ4v) is 1.83. The van der Waals surface area contributed by atoms with Gasteiger partial charge in [0.15, 0.2) is 0 Å². The van der Waals surface area contributed by atoms with Crippen molar-refractivity contribution in [2.24, 2.45) is 0 Å². The maximum atomic E-state index is 12.1. The van der Waals surface area contributed by atoms with E-state index in [4.69, 9.17) is 11.6 Å². The third-order valence-corrected chi connectivity index (χ3v) is 3.19. The van der Waals surface area contributed by atoms with E-state index in [0.717, 1.165) is 5.56 Å². The lowest BCUT2D eigenvalue weighted by Crippen LogP contribution is -2.33. The summed E-state index contributed by atoms with van der Waals surface area (Å²) >= 11 is 5.83. The van der Waals surface area contributed by atoms with Crippen molar-refractivity contribution < 1.29 is 4.79 Å². The van der Waals surface area contributed by atoms with Crippen LogP contribution >= 0.6 is 11.6 Å². The van der Waals surface area contributed by atoms with Gasteiger partial charge >= 0.3 is 0 Å². The highest BCUT2D eigenvalue weighted by Crippen LogP contribution is 2.16. The number of halogens is 1. The number of carbonyl (C=O) groups excluding carboxylic acids is 1. The van der Waals surface area contributed by atoms with E-state index in [0.29, 0.717) is 5.02 Å². The van der Waals surface area contributed by atoms with Crippen LogP contribution in [0.15, 0.2) is 36.9 Å². The first-order valence-electron chi connectivity index (χ1n) is 5.98. The van der Waals surface area contributed by atoms with Crippen LogP contribution in [0.4, 0.5) is 0 Å². The highest BCUT2D eigenvalue weighted by molar-refractivity contribution is 6.30. The molecule has 0 aliphatic carbocycles. The minimum atomic E-state index is -0.391. The number of hydrogen-bond acceptors (Lipinski definition) is 3. The zero-order chi connectivity index (χ0) is 13.8. The summed E-state index contributed by atoms with van der Waals surface area (Å²) in [4.78, 5) is 15.9. The summed E-state index contributed by atoms with van der Waals surface area (Å²) in [6.45, 7) is 3.70. The number of aromatic nitrogens is 3. The van der Waals surface area contributed by atoms with Crippen molar-refractivity contribution in [3.8, 4) is 0 Å². The second kappa shape index (κ2) is 5.84. The molecule has 0 spiro atoms. The lowest BCUT2D eigenvalue weighted by Gasteiger charge is -2.18. The third-order valence-electron chi connectivity index (χ3n) is 2.94. The SMILES string of the molecule is C[C@@H](NC(=O)[C@H](C)n1cncn1)c1ccc(Cl)cc1. The van der Waals surface area contributed by atoms with Gasteiger partial charge in [0, 0.05) is 5.02 Å². The zero-order valence-corrected chi connectivity index (χ0v) is 11.5. The molecule has 0 aliphatic rings. The molecule has 0 unspecified atom stereocenters. The first-order chi connectivity index (χ1) is 9.08. The summed E-state index contributed by atoms with van der Waals surface area (Å²) in [7, 11) is 0. The average molecular weight is 279 g/mol. The molecule has 1 N–H and O–H groups in total. The second-order valence-corrected chi connectivity index (χ2v) is 4.77. The van der Waals surface area contributed by atoms with E-state index < -0.39 is 6.04 Å². The summed E-state index contributed by atoms with van der Waals surface area (Å²) in [5, 5.41) is 7.57.